The lowest BCUT2D eigenvalue weighted by Crippen LogP contribution is -2.25. The highest BCUT2D eigenvalue weighted by atomic mass is 14.4. The third kappa shape index (κ3) is 1.45. The molecule has 0 heteroatoms. The van der Waals surface area contributed by atoms with Gasteiger partial charge in [-0.2, -0.15) is 0 Å². The van der Waals surface area contributed by atoms with E-state index in [9.17, 15) is 0 Å². The molecule has 0 spiro atoms. The molecule has 0 nitrogen and oxygen atoms in total. The van der Waals surface area contributed by atoms with E-state index in [4.69, 9.17) is 0 Å². The summed E-state index contributed by atoms with van der Waals surface area (Å²) in [7, 11) is 0. The molecule has 80 valence electrons. The SMILES string of the molecule is C.CC1=C2C=CCCC1(C(C)C)CC2. The number of hydrogen-bond donors (Lipinski definition) is 0. The second-order valence-electron chi connectivity index (χ2n) is 4.90. The topological polar surface area (TPSA) is 0 Å². The minimum absolute atomic E-state index is 0. The third-order valence-electron chi connectivity index (χ3n) is 4.25. The molecule has 0 heterocycles. The largest absolute Gasteiger partial charge is 0.0842 e. The summed E-state index contributed by atoms with van der Waals surface area (Å²) in [5.74, 6) is 0.810. The second kappa shape index (κ2) is 3.92. The minimum Gasteiger partial charge on any atom is -0.0842 e. The van der Waals surface area contributed by atoms with Crippen molar-refractivity contribution in [2.75, 3.05) is 0 Å². The van der Waals surface area contributed by atoms with Crippen molar-refractivity contribution in [1.82, 2.24) is 0 Å². The molecule has 2 rings (SSSR count). The first kappa shape index (κ1) is 11.6. The zero-order valence-electron chi connectivity index (χ0n) is 9.06. The van der Waals surface area contributed by atoms with Crippen LogP contribution in [-0.4, -0.2) is 0 Å². The Morgan fingerprint density at radius 3 is 2.64 bits per heavy atom. The van der Waals surface area contributed by atoms with Crippen LogP contribution in [0.25, 0.3) is 0 Å². The van der Waals surface area contributed by atoms with Crippen LogP contribution in [0.15, 0.2) is 23.3 Å². The molecule has 0 aromatic carbocycles. The Hall–Kier alpha value is -0.520. The van der Waals surface area contributed by atoms with Gasteiger partial charge in [0.2, 0.25) is 0 Å². The van der Waals surface area contributed by atoms with Crippen molar-refractivity contribution in [2.45, 2.75) is 53.9 Å². The van der Waals surface area contributed by atoms with Crippen LogP contribution in [0.2, 0.25) is 0 Å². The monoisotopic (exact) mass is 192 g/mol. The molecule has 0 amide bonds. The highest BCUT2D eigenvalue weighted by Crippen LogP contribution is 2.52. The van der Waals surface area contributed by atoms with Crippen LogP contribution in [0.3, 0.4) is 0 Å². The van der Waals surface area contributed by atoms with Crippen LogP contribution in [0.1, 0.15) is 53.9 Å². The lowest BCUT2D eigenvalue weighted by Gasteiger charge is -2.35. The van der Waals surface area contributed by atoms with Crippen molar-refractivity contribution in [3.63, 3.8) is 0 Å². The summed E-state index contributed by atoms with van der Waals surface area (Å²) < 4.78 is 0. The van der Waals surface area contributed by atoms with Gasteiger partial charge in [-0.25, -0.2) is 0 Å². The van der Waals surface area contributed by atoms with Gasteiger partial charge in [-0.3, -0.25) is 0 Å². The van der Waals surface area contributed by atoms with Crippen molar-refractivity contribution in [3.05, 3.63) is 23.3 Å². The van der Waals surface area contributed by atoms with E-state index >= 15 is 0 Å². The maximum atomic E-state index is 2.39. The molecule has 0 fully saturated rings. The van der Waals surface area contributed by atoms with Gasteiger partial charge >= 0.3 is 0 Å². The Kier molecular flexibility index (Phi) is 3.24. The lowest BCUT2D eigenvalue weighted by molar-refractivity contribution is 0.225. The maximum Gasteiger partial charge on any atom is -0.00559 e. The Morgan fingerprint density at radius 1 is 1.29 bits per heavy atom. The Morgan fingerprint density at radius 2 is 2.00 bits per heavy atom. The summed E-state index contributed by atoms with van der Waals surface area (Å²) in [6, 6.07) is 0. The van der Waals surface area contributed by atoms with Crippen LogP contribution in [0.5, 0.6) is 0 Å². The van der Waals surface area contributed by atoms with E-state index in [0.717, 1.165) is 5.92 Å². The van der Waals surface area contributed by atoms with Crippen LogP contribution in [-0.2, 0) is 0 Å². The third-order valence-corrected chi connectivity index (χ3v) is 4.25. The number of rotatable bonds is 1. The molecule has 14 heavy (non-hydrogen) atoms. The molecule has 0 aromatic rings. The molecule has 2 bridgehead atoms. The van der Waals surface area contributed by atoms with Crippen LogP contribution in [0, 0.1) is 11.3 Å². The number of hydrogen-bond acceptors (Lipinski definition) is 0. The van der Waals surface area contributed by atoms with Gasteiger partial charge in [-0.05, 0) is 49.5 Å². The van der Waals surface area contributed by atoms with E-state index in [1.165, 1.54) is 25.7 Å². The Labute approximate surface area is 89.1 Å². The molecular formula is C14H24. The van der Waals surface area contributed by atoms with E-state index in [0.29, 0.717) is 5.41 Å². The van der Waals surface area contributed by atoms with Gasteiger partial charge in [-0.15, -0.1) is 0 Å². The number of fused-ring (bicyclic) bond motifs is 1. The fourth-order valence-electron chi connectivity index (χ4n) is 3.15. The molecular weight excluding hydrogens is 168 g/mol. The van der Waals surface area contributed by atoms with E-state index in [1.54, 1.807) is 11.1 Å². The zero-order chi connectivity index (χ0) is 9.47. The zero-order valence-corrected chi connectivity index (χ0v) is 9.06. The molecule has 0 aromatic heterocycles. The molecule has 0 saturated heterocycles. The predicted octanol–water partition coefficient (Wildman–Crippen LogP) is 4.73. The van der Waals surface area contributed by atoms with Crippen molar-refractivity contribution in [2.24, 2.45) is 11.3 Å². The van der Waals surface area contributed by atoms with Gasteiger partial charge in [0.15, 0.2) is 0 Å². The van der Waals surface area contributed by atoms with E-state index in [-0.39, 0.29) is 7.43 Å². The molecule has 0 N–H and O–H groups in total. The van der Waals surface area contributed by atoms with Crippen LogP contribution >= 0.6 is 0 Å². The first-order valence-electron chi connectivity index (χ1n) is 5.53. The van der Waals surface area contributed by atoms with E-state index in [2.05, 4.69) is 32.9 Å². The van der Waals surface area contributed by atoms with E-state index in [1.807, 2.05) is 0 Å². The van der Waals surface area contributed by atoms with Gasteiger partial charge in [-0.1, -0.05) is 39.0 Å². The normalized spacial score (nSPS) is 30.6. The smallest absolute Gasteiger partial charge is 0.00559 e. The van der Waals surface area contributed by atoms with Gasteiger partial charge in [0, 0.05) is 0 Å². The molecule has 0 saturated carbocycles. The Balaban J connectivity index is 0.000000980. The minimum atomic E-state index is 0. The van der Waals surface area contributed by atoms with Gasteiger partial charge in [0.05, 0.1) is 0 Å². The lowest BCUT2D eigenvalue weighted by atomic mass is 9.69. The fraction of sp³-hybridized carbons (Fsp3) is 0.714. The maximum absolute atomic E-state index is 2.39. The first-order valence-corrected chi connectivity index (χ1v) is 5.53. The highest BCUT2D eigenvalue weighted by Gasteiger charge is 2.40. The molecule has 0 radical (unpaired) electrons. The molecule has 2 aliphatic rings. The fourth-order valence-corrected chi connectivity index (χ4v) is 3.15. The first-order chi connectivity index (χ1) is 6.17. The van der Waals surface area contributed by atoms with Gasteiger partial charge < -0.3 is 0 Å². The molecule has 0 aliphatic heterocycles. The quantitative estimate of drug-likeness (QED) is 0.563. The summed E-state index contributed by atoms with van der Waals surface area (Å²) in [5, 5.41) is 0. The van der Waals surface area contributed by atoms with E-state index < -0.39 is 0 Å². The summed E-state index contributed by atoms with van der Waals surface area (Å²) in [6.45, 7) is 7.13. The molecule has 1 atom stereocenters. The predicted molar refractivity (Wildman–Crippen MR) is 64.3 cm³/mol. The summed E-state index contributed by atoms with van der Waals surface area (Å²) in [6.07, 6.45) is 10.1. The van der Waals surface area contributed by atoms with Gasteiger partial charge in [0.25, 0.3) is 0 Å². The second-order valence-corrected chi connectivity index (χ2v) is 4.90. The average Bonchev–Trinajstić information content (AvgIpc) is 2.23. The van der Waals surface area contributed by atoms with Crippen molar-refractivity contribution < 1.29 is 0 Å². The average molecular weight is 192 g/mol. The Bertz CT molecular complexity index is 268. The summed E-state index contributed by atoms with van der Waals surface area (Å²) in [5.41, 5.74) is 3.88. The van der Waals surface area contributed by atoms with Gasteiger partial charge in [0.1, 0.15) is 0 Å². The summed E-state index contributed by atoms with van der Waals surface area (Å²) >= 11 is 0. The van der Waals surface area contributed by atoms with Crippen molar-refractivity contribution in [3.8, 4) is 0 Å². The van der Waals surface area contributed by atoms with Crippen LogP contribution in [0.4, 0.5) is 0 Å². The van der Waals surface area contributed by atoms with Crippen molar-refractivity contribution >= 4 is 0 Å². The molecule has 1 unspecified atom stereocenters. The standard InChI is InChI=1S/C13H20.CH4/c1-10(2)13-8-5-4-6-12(7-9-13)11(13)3;/h4,6,10H,5,7-9H2,1-3H3;1H4. The summed E-state index contributed by atoms with van der Waals surface area (Å²) in [4.78, 5) is 0. The molecule has 2 aliphatic carbocycles. The van der Waals surface area contributed by atoms with Crippen LogP contribution < -0.4 is 0 Å². The number of allylic oxidation sites excluding steroid dienone is 4. The van der Waals surface area contributed by atoms with Crippen molar-refractivity contribution in [1.29, 1.82) is 0 Å². The highest BCUT2D eigenvalue weighted by molar-refractivity contribution is 5.36.